The number of fused-ring (bicyclic) bond motifs is 11. The molecule has 12 nitrogen and oxygen atoms in total. The highest BCUT2D eigenvalue weighted by molar-refractivity contribution is 6.06. The molecule has 0 amide bonds. The first kappa shape index (κ1) is 62.9. The molecular weight excluding hydrogens is 1320 g/mol. The van der Waals surface area contributed by atoms with Crippen LogP contribution in [0.3, 0.4) is 0 Å². The second kappa shape index (κ2) is 26.7. The fourth-order valence-electron chi connectivity index (χ4n) is 14.4. The van der Waals surface area contributed by atoms with Gasteiger partial charge in [-0.15, -0.1) is 0 Å². The maximum absolute atomic E-state index is 5.19. The highest BCUT2D eigenvalue weighted by Crippen LogP contribution is 2.37. The Balaban J connectivity index is 0.000000143. The van der Waals surface area contributed by atoms with E-state index in [1.54, 1.807) is 37.2 Å². The molecule has 0 bridgehead atoms. The molecule has 10 heterocycles. The lowest BCUT2D eigenvalue weighted by Gasteiger charge is -2.10. The smallest absolute Gasteiger partial charge is 0.107 e. The van der Waals surface area contributed by atoms with Gasteiger partial charge in [0.15, 0.2) is 0 Å². The molecular formula is C96H58N12. The molecule has 0 radical (unpaired) electrons. The normalized spacial score (nSPS) is 11.5. The lowest BCUT2D eigenvalue weighted by molar-refractivity contribution is 1.19. The van der Waals surface area contributed by atoms with Gasteiger partial charge in [-0.2, -0.15) is 0 Å². The third-order valence-corrected chi connectivity index (χ3v) is 20.2. The standard InChI is InChI=1S/C50H30N6.C46H28N6/c1-2-4-31(5-3-1)42-21-18-34-8-9-35-19-22-44(56-50(35)49(34)55-42)40-15-13-36-26-37(11-12-38(36)27-40)39-10-6-32-16-20-43(53-46(32)28-39)41-14-7-33-17-23-45(54-47(33)29-41)48-30-51-24-25-52-48;1-2-4-30(5-3-1)38-21-18-34-12-13-35-19-22-39(52-46(35)45(34)51-38)31-8-6-29(7-9-31)36-14-10-32-16-20-40(49-42(32)26-36)37-15-11-33-17-23-41(50-43(33)27-37)44-28-47-24-25-48-44/h1-30H;1-28H. The minimum absolute atomic E-state index is 0.747. The first-order valence-corrected chi connectivity index (χ1v) is 35.7. The van der Waals surface area contributed by atoms with Crippen LogP contribution in [0, 0.1) is 0 Å². The Bertz CT molecular complexity index is 7110. The minimum Gasteiger partial charge on any atom is -0.261 e. The lowest BCUT2D eigenvalue weighted by atomic mass is 9.98. The Morgan fingerprint density at radius 1 is 0.148 bits per heavy atom. The largest absolute Gasteiger partial charge is 0.261 e. The first-order valence-electron chi connectivity index (χ1n) is 35.7. The lowest BCUT2D eigenvalue weighted by Crippen LogP contribution is -1.91. The molecule has 0 spiro atoms. The van der Waals surface area contributed by atoms with Gasteiger partial charge < -0.3 is 0 Å². The van der Waals surface area contributed by atoms with Gasteiger partial charge in [-0.1, -0.05) is 231 Å². The van der Waals surface area contributed by atoms with Crippen LogP contribution in [0.2, 0.25) is 0 Å². The Hall–Kier alpha value is -14.9. The fourth-order valence-corrected chi connectivity index (χ4v) is 14.4. The number of hydrogen-bond acceptors (Lipinski definition) is 12. The summed E-state index contributed by atoms with van der Waals surface area (Å²) in [6, 6.07) is 110. The second-order valence-electron chi connectivity index (χ2n) is 26.9. The van der Waals surface area contributed by atoms with E-state index in [2.05, 4.69) is 287 Å². The van der Waals surface area contributed by atoms with Crippen LogP contribution in [0.1, 0.15) is 0 Å². The van der Waals surface area contributed by atoms with Crippen molar-refractivity contribution in [2.75, 3.05) is 0 Å². The van der Waals surface area contributed by atoms with Crippen molar-refractivity contribution in [2.24, 2.45) is 0 Å². The maximum Gasteiger partial charge on any atom is 0.107 e. The Labute approximate surface area is 619 Å². The molecule has 0 unspecified atom stereocenters. The SMILES string of the molecule is c1ccc(-c2ccc3ccc4ccc(-c5ccc(-c6ccc7ccc(-c8ccc9ccc(-c%10cnccn%10)nc9c8)nc7c6)cc5)nc4c3n2)cc1.c1ccc(-c2ccc3ccc4ccc(-c5ccc6cc(-c7ccc8ccc(-c9ccc%10ccc(-c%11cnccn%11)nc%10c9)nc8c7)ccc6c5)nc4c3n2)cc1. The van der Waals surface area contributed by atoms with Crippen LogP contribution in [-0.4, -0.2) is 59.8 Å². The minimum atomic E-state index is 0.747. The van der Waals surface area contributed by atoms with Gasteiger partial charge in [0.1, 0.15) is 11.4 Å². The van der Waals surface area contributed by atoms with Gasteiger partial charge in [-0.05, 0) is 118 Å². The number of hydrogen-bond donors (Lipinski definition) is 0. The number of nitrogens with zero attached hydrogens (tertiary/aromatic N) is 12. The van der Waals surface area contributed by atoms with Crippen LogP contribution in [0.5, 0.6) is 0 Å². The molecule has 0 aliphatic carbocycles. The Morgan fingerprint density at radius 3 is 0.787 bits per heavy atom. The molecule has 0 aliphatic rings. The summed E-state index contributed by atoms with van der Waals surface area (Å²) in [6.45, 7) is 0. The van der Waals surface area contributed by atoms with Crippen LogP contribution in [0.15, 0.2) is 353 Å². The van der Waals surface area contributed by atoms with Gasteiger partial charge in [0.2, 0.25) is 0 Å². The Kier molecular flexibility index (Phi) is 15.6. The first-order chi connectivity index (χ1) is 53.4. The molecule has 0 saturated carbocycles. The van der Waals surface area contributed by atoms with E-state index in [9.17, 15) is 0 Å². The van der Waals surface area contributed by atoms with Crippen molar-refractivity contribution in [1.29, 1.82) is 0 Å². The van der Waals surface area contributed by atoms with Gasteiger partial charge in [-0.25, -0.2) is 39.9 Å². The summed E-state index contributed by atoms with van der Waals surface area (Å²) in [5, 5.41) is 10.9. The van der Waals surface area contributed by atoms with Crippen molar-refractivity contribution in [2.45, 2.75) is 0 Å². The van der Waals surface area contributed by atoms with E-state index in [-0.39, 0.29) is 0 Å². The van der Waals surface area contributed by atoms with Crippen LogP contribution >= 0.6 is 0 Å². The fraction of sp³-hybridized carbons (Fsp3) is 0. The van der Waals surface area contributed by atoms with Crippen LogP contribution < -0.4 is 0 Å². The van der Waals surface area contributed by atoms with Crippen LogP contribution in [0.25, 0.3) is 211 Å². The number of aromatic nitrogens is 12. The molecule has 0 aliphatic heterocycles. The summed E-state index contributed by atoms with van der Waals surface area (Å²) in [5.41, 5.74) is 26.7. The van der Waals surface area contributed by atoms with Crippen LogP contribution in [0.4, 0.5) is 0 Å². The van der Waals surface area contributed by atoms with Gasteiger partial charge in [-0.3, -0.25) is 19.9 Å². The van der Waals surface area contributed by atoms with E-state index < -0.39 is 0 Å². The molecule has 0 saturated heterocycles. The third-order valence-electron chi connectivity index (χ3n) is 20.2. The summed E-state index contributed by atoms with van der Waals surface area (Å²) in [4.78, 5) is 57.7. The van der Waals surface area contributed by atoms with E-state index in [1.165, 1.54) is 0 Å². The van der Waals surface area contributed by atoms with Crippen LogP contribution in [-0.2, 0) is 0 Å². The number of rotatable bonds is 10. The second-order valence-corrected chi connectivity index (χ2v) is 26.9. The predicted molar refractivity (Wildman–Crippen MR) is 438 cm³/mol. The molecule has 12 heteroatoms. The van der Waals surface area contributed by atoms with Crippen molar-refractivity contribution in [1.82, 2.24) is 59.8 Å². The molecule has 10 aromatic heterocycles. The van der Waals surface area contributed by atoms with E-state index in [1.807, 2.05) is 48.5 Å². The zero-order valence-corrected chi connectivity index (χ0v) is 57.9. The van der Waals surface area contributed by atoms with Crippen molar-refractivity contribution < 1.29 is 0 Å². The zero-order chi connectivity index (χ0) is 71.4. The molecule has 502 valence electrons. The number of benzene rings is 11. The molecule has 21 aromatic rings. The van der Waals surface area contributed by atoms with E-state index in [0.29, 0.717) is 0 Å². The molecule has 108 heavy (non-hydrogen) atoms. The Morgan fingerprint density at radius 2 is 0.398 bits per heavy atom. The van der Waals surface area contributed by atoms with Crippen molar-refractivity contribution in [3.8, 4) is 113 Å². The van der Waals surface area contributed by atoms with Crippen molar-refractivity contribution in [3.05, 3.63) is 353 Å². The summed E-state index contributed by atoms with van der Waals surface area (Å²) in [5.74, 6) is 0. The monoisotopic (exact) mass is 1380 g/mol. The average molecular weight is 1380 g/mol. The van der Waals surface area contributed by atoms with E-state index in [0.717, 1.165) is 211 Å². The third kappa shape index (κ3) is 12.1. The maximum atomic E-state index is 5.19. The topological polar surface area (TPSA) is 155 Å². The number of pyridine rings is 8. The summed E-state index contributed by atoms with van der Waals surface area (Å²) < 4.78 is 0. The van der Waals surface area contributed by atoms with Crippen molar-refractivity contribution >= 4 is 98.0 Å². The zero-order valence-electron chi connectivity index (χ0n) is 57.9. The highest BCUT2D eigenvalue weighted by atomic mass is 14.8. The highest BCUT2D eigenvalue weighted by Gasteiger charge is 2.16. The van der Waals surface area contributed by atoms with E-state index >= 15 is 0 Å². The van der Waals surface area contributed by atoms with Gasteiger partial charge in [0.25, 0.3) is 0 Å². The molecule has 0 atom stereocenters. The quantitative estimate of drug-likeness (QED) is 0.120. The summed E-state index contributed by atoms with van der Waals surface area (Å²) >= 11 is 0. The molecule has 0 N–H and O–H groups in total. The van der Waals surface area contributed by atoms with E-state index in [4.69, 9.17) is 39.9 Å². The van der Waals surface area contributed by atoms with Crippen molar-refractivity contribution in [3.63, 3.8) is 0 Å². The molecule has 11 aromatic carbocycles. The van der Waals surface area contributed by atoms with Gasteiger partial charge >= 0.3 is 0 Å². The van der Waals surface area contributed by atoms with Gasteiger partial charge in [0, 0.05) is 101 Å². The molecule has 0 fully saturated rings. The molecule has 21 rings (SSSR count). The average Bonchev–Trinajstić information content (AvgIpc) is 0.772. The summed E-state index contributed by atoms with van der Waals surface area (Å²) in [6.07, 6.45) is 10.2. The summed E-state index contributed by atoms with van der Waals surface area (Å²) in [7, 11) is 0. The van der Waals surface area contributed by atoms with Gasteiger partial charge in [0.05, 0.1) is 102 Å². The predicted octanol–water partition coefficient (Wildman–Crippen LogP) is 23.2.